The molecular formula is C12H11ClN2O. The van der Waals surface area contributed by atoms with Gasteiger partial charge >= 0.3 is 0 Å². The van der Waals surface area contributed by atoms with Crippen LogP contribution in [0.5, 0.6) is 5.75 Å². The van der Waals surface area contributed by atoms with Crippen molar-refractivity contribution in [3.63, 3.8) is 0 Å². The number of hydrogen-bond acceptors (Lipinski definition) is 2. The van der Waals surface area contributed by atoms with Crippen LogP contribution in [0.1, 0.15) is 0 Å². The molecule has 0 aliphatic rings. The molecular weight excluding hydrogens is 224 g/mol. The van der Waals surface area contributed by atoms with Crippen LogP contribution in [0.4, 0.5) is 5.69 Å². The van der Waals surface area contributed by atoms with E-state index in [1.807, 2.05) is 24.3 Å². The normalized spacial score (nSPS) is 11.9. The van der Waals surface area contributed by atoms with Crippen LogP contribution < -0.4 is 5.73 Å². The lowest BCUT2D eigenvalue weighted by atomic mass is 10.1. The highest BCUT2D eigenvalue weighted by molar-refractivity contribution is 6.28. The van der Waals surface area contributed by atoms with Gasteiger partial charge in [0.2, 0.25) is 0 Å². The number of nitrogens with zero attached hydrogens (tertiary/aromatic N) is 1. The monoisotopic (exact) mass is 234 g/mol. The molecule has 0 aliphatic heterocycles. The van der Waals surface area contributed by atoms with Crippen LogP contribution in [0.25, 0.3) is 10.8 Å². The number of fused-ring (bicyclic) bond motifs is 1. The SMILES string of the molecule is NC(CCl)=Nc1cccc2ccc(O)cc12. The lowest BCUT2D eigenvalue weighted by Gasteiger charge is -2.03. The molecule has 82 valence electrons. The van der Waals surface area contributed by atoms with Gasteiger partial charge in [0.25, 0.3) is 0 Å². The van der Waals surface area contributed by atoms with E-state index in [0.717, 1.165) is 10.8 Å². The molecule has 3 N–H and O–H groups in total. The summed E-state index contributed by atoms with van der Waals surface area (Å²) in [7, 11) is 0. The van der Waals surface area contributed by atoms with E-state index in [2.05, 4.69) is 4.99 Å². The van der Waals surface area contributed by atoms with E-state index in [9.17, 15) is 5.11 Å². The van der Waals surface area contributed by atoms with Crippen molar-refractivity contribution in [2.24, 2.45) is 10.7 Å². The average Bonchev–Trinajstić information content (AvgIpc) is 2.29. The van der Waals surface area contributed by atoms with Gasteiger partial charge in [-0.25, -0.2) is 4.99 Å². The van der Waals surface area contributed by atoms with Crippen molar-refractivity contribution in [3.05, 3.63) is 36.4 Å². The van der Waals surface area contributed by atoms with E-state index in [0.29, 0.717) is 11.5 Å². The number of aromatic hydroxyl groups is 1. The van der Waals surface area contributed by atoms with Gasteiger partial charge in [0, 0.05) is 5.39 Å². The molecule has 16 heavy (non-hydrogen) atoms. The first kappa shape index (κ1) is 10.8. The van der Waals surface area contributed by atoms with E-state index >= 15 is 0 Å². The summed E-state index contributed by atoms with van der Waals surface area (Å²) < 4.78 is 0. The summed E-state index contributed by atoms with van der Waals surface area (Å²) >= 11 is 5.58. The predicted octanol–water partition coefficient (Wildman–Crippen LogP) is 2.77. The highest BCUT2D eigenvalue weighted by Gasteiger charge is 2.01. The Bertz CT molecular complexity index is 552. The molecule has 0 saturated heterocycles. The minimum Gasteiger partial charge on any atom is -0.508 e. The second-order valence-electron chi connectivity index (χ2n) is 3.42. The first-order valence-electron chi connectivity index (χ1n) is 4.81. The number of phenols is 1. The molecule has 0 heterocycles. The van der Waals surface area contributed by atoms with Gasteiger partial charge in [-0.3, -0.25) is 0 Å². The van der Waals surface area contributed by atoms with E-state index in [1.165, 1.54) is 0 Å². The number of hydrogen-bond donors (Lipinski definition) is 2. The van der Waals surface area contributed by atoms with E-state index in [1.54, 1.807) is 12.1 Å². The van der Waals surface area contributed by atoms with Crippen molar-refractivity contribution in [2.75, 3.05) is 5.88 Å². The summed E-state index contributed by atoms with van der Waals surface area (Å²) in [5.41, 5.74) is 6.30. The van der Waals surface area contributed by atoms with Gasteiger partial charge in [0.1, 0.15) is 11.6 Å². The maximum absolute atomic E-state index is 9.44. The van der Waals surface area contributed by atoms with Crippen LogP contribution in [0.15, 0.2) is 41.4 Å². The average molecular weight is 235 g/mol. The van der Waals surface area contributed by atoms with Crippen molar-refractivity contribution in [1.29, 1.82) is 0 Å². The summed E-state index contributed by atoms with van der Waals surface area (Å²) in [4.78, 5) is 4.20. The Balaban J connectivity index is 2.65. The van der Waals surface area contributed by atoms with Crippen LogP contribution in [0.2, 0.25) is 0 Å². The molecule has 0 saturated carbocycles. The topological polar surface area (TPSA) is 58.6 Å². The molecule has 2 aromatic rings. The molecule has 4 heteroatoms. The summed E-state index contributed by atoms with van der Waals surface area (Å²) in [6.07, 6.45) is 0. The van der Waals surface area contributed by atoms with Gasteiger partial charge in [-0.15, -0.1) is 11.6 Å². The van der Waals surface area contributed by atoms with Crippen LogP contribution >= 0.6 is 11.6 Å². The van der Waals surface area contributed by atoms with Crippen molar-refractivity contribution < 1.29 is 5.11 Å². The predicted molar refractivity (Wildman–Crippen MR) is 67.6 cm³/mol. The highest BCUT2D eigenvalue weighted by Crippen LogP contribution is 2.28. The fraction of sp³-hybridized carbons (Fsp3) is 0.0833. The zero-order valence-corrected chi connectivity index (χ0v) is 9.28. The van der Waals surface area contributed by atoms with Crippen LogP contribution in [0.3, 0.4) is 0 Å². The van der Waals surface area contributed by atoms with Gasteiger partial charge in [-0.1, -0.05) is 18.2 Å². The minimum absolute atomic E-state index is 0.190. The zero-order valence-electron chi connectivity index (χ0n) is 8.52. The van der Waals surface area contributed by atoms with E-state index < -0.39 is 0 Å². The van der Waals surface area contributed by atoms with Crippen LogP contribution in [-0.2, 0) is 0 Å². The highest BCUT2D eigenvalue weighted by atomic mass is 35.5. The third kappa shape index (κ3) is 2.09. The Morgan fingerprint density at radius 2 is 2.12 bits per heavy atom. The standard InChI is InChI=1S/C12H11ClN2O/c13-7-12(14)15-11-3-1-2-8-4-5-9(16)6-10(8)11/h1-6,16H,7H2,(H2,14,15). The first-order chi connectivity index (χ1) is 7.70. The number of amidine groups is 1. The number of benzene rings is 2. The fourth-order valence-corrected chi connectivity index (χ4v) is 1.59. The van der Waals surface area contributed by atoms with Gasteiger partial charge < -0.3 is 10.8 Å². The second kappa shape index (κ2) is 4.41. The number of aliphatic imine (C=N–C) groups is 1. The Morgan fingerprint density at radius 3 is 2.88 bits per heavy atom. The Morgan fingerprint density at radius 1 is 1.31 bits per heavy atom. The van der Waals surface area contributed by atoms with Gasteiger partial charge in [0.15, 0.2) is 0 Å². The molecule has 0 unspecified atom stereocenters. The quantitative estimate of drug-likeness (QED) is 0.477. The largest absolute Gasteiger partial charge is 0.508 e. The Kier molecular flexibility index (Phi) is 2.97. The van der Waals surface area contributed by atoms with E-state index in [-0.39, 0.29) is 11.6 Å². The summed E-state index contributed by atoms with van der Waals surface area (Å²) in [6.45, 7) is 0. The Hall–Kier alpha value is -1.74. The molecule has 2 rings (SSSR count). The van der Waals surface area contributed by atoms with Crippen molar-refractivity contribution in [2.45, 2.75) is 0 Å². The summed E-state index contributed by atoms with van der Waals surface area (Å²) in [6, 6.07) is 10.8. The van der Waals surface area contributed by atoms with Crippen LogP contribution in [-0.4, -0.2) is 16.8 Å². The van der Waals surface area contributed by atoms with Crippen LogP contribution in [0, 0.1) is 0 Å². The number of nitrogens with two attached hydrogens (primary N) is 1. The number of halogens is 1. The molecule has 0 radical (unpaired) electrons. The molecule has 0 amide bonds. The Labute approximate surface area is 98.2 Å². The van der Waals surface area contributed by atoms with Gasteiger partial charge in [0.05, 0.1) is 11.6 Å². The van der Waals surface area contributed by atoms with Gasteiger partial charge in [-0.2, -0.15) is 0 Å². The maximum atomic E-state index is 9.44. The molecule has 0 aromatic heterocycles. The summed E-state index contributed by atoms with van der Waals surface area (Å²) in [5, 5.41) is 11.3. The van der Waals surface area contributed by atoms with E-state index in [4.69, 9.17) is 17.3 Å². The smallest absolute Gasteiger partial charge is 0.116 e. The lowest BCUT2D eigenvalue weighted by molar-refractivity contribution is 0.476. The number of rotatable bonds is 2. The summed E-state index contributed by atoms with van der Waals surface area (Å²) in [5.74, 6) is 0.756. The number of phenolic OH excluding ortho intramolecular Hbond substituents is 1. The maximum Gasteiger partial charge on any atom is 0.116 e. The van der Waals surface area contributed by atoms with Crippen molar-refractivity contribution in [1.82, 2.24) is 0 Å². The third-order valence-corrected chi connectivity index (χ3v) is 2.52. The zero-order chi connectivity index (χ0) is 11.5. The third-order valence-electron chi connectivity index (χ3n) is 2.24. The molecule has 0 aliphatic carbocycles. The molecule has 0 spiro atoms. The molecule has 2 aromatic carbocycles. The fourth-order valence-electron chi connectivity index (χ4n) is 1.53. The molecule has 0 fully saturated rings. The molecule has 3 nitrogen and oxygen atoms in total. The van der Waals surface area contributed by atoms with Crippen molar-refractivity contribution in [3.8, 4) is 5.75 Å². The molecule has 0 atom stereocenters. The molecule has 0 bridgehead atoms. The number of alkyl halides is 1. The first-order valence-corrected chi connectivity index (χ1v) is 5.35. The van der Waals surface area contributed by atoms with Crippen molar-refractivity contribution >= 4 is 33.9 Å². The second-order valence-corrected chi connectivity index (χ2v) is 3.69. The van der Waals surface area contributed by atoms with Gasteiger partial charge in [-0.05, 0) is 23.6 Å². The lowest BCUT2D eigenvalue weighted by Crippen LogP contribution is -2.12. The minimum atomic E-state index is 0.190.